The molecule has 0 bridgehead atoms. The molecule has 1 atom stereocenters. The summed E-state index contributed by atoms with van der Waals surface area (Å²) < 4.78 is 34.8. The normalized spacial score (nSPS) is 11.8. The number of hydrogen-bond donors (Lipinski definition) is 1. The SMILES string of the molecule is COC(=O)CC(NC(=O)c1oc2c(F)cccc2c1C)c1ccc(OC)c(OC)c1. The summed E-state index contributed by atoms with van der Waals surface area (Å²) in [4.78, 5) is 24.9. The Balaban J connectivity index is 1.96. The summed E-state index contributed by atoms with van der Waals surface area (Å²) in [6.45, 7) is 1.67. The molecule has 0 radical (unpaired) electrons. The van der Waals surface area contributed by atoms with Gasteiger partial charge in [-0.3, -0.25) is 9.59 Å². The van der Waals surface area contributed by atoms with Gasteiger partial charge in [0.1, 0.15) is 0 Å². The summed E-state index contributed by atoms with van der Waals surface area (Å²) in [5.74, 6) is -0.713. The minimum absolute atomic E-state index is 0.00999. The van der Waals surface area contributed by atoms with Gasteiger partial charge in [0.2, 0.25) is 0 Å². The van der Waals surface area contributed by atoms with Crippen molar-refractivity contribution < 1.29 is 32.6 Å². The smallest absolute Gasteiger partial charge is 0.307 e. The van der Waals surface area contributed by atoms with Crippen LogP contribution in [0.4, 0.5) is 4.39 Å². The number of rotatable bonds is 7. The van der Waals surface area contributed by atoms with Crippen molar-refractivity contribution in [1.29, 1.82) is 0 Å². The van der Waals surface area contributed by atoms with Crippen LogP contribution in [-0.2, 0) is 9.53 Å². The molecule has 7 nitrogen and oxygen atoms in total. The molecular formula is C22H22FNO6. The molecule has 8 heteroatoms. The Kier molecular flexibility index (Phi) is 6.25. The first-order valence-corrected chi connectivity index (χ1v) is 9.16. The zero-order valence-corrected chi connectivity index (χ0v) is 17.1. The molecule has 2 aromatic carbocycles. The second-order valence-corrected chi connectivity index (χ2v) is 6.59. The van der Waals surface area contributed by atoms with Gasteiger partial charge in [0, 0.05) is 10.9 Å². The molecule has 1 unspecified atom stereocenters. The first-order chi connectivity index (χ1) is 14.4. The Morgan fingerprint density at radius 2 is 1.83 bits per heavy atom. The van der Waals surface area contributed by atoms with E-state index in [4.69, 9.17) is 18.6 Å². The van der Waals surface area contributed by atoms with Crippen LogP contribution >= 0.6 is 0 Å². The lowest BCUT2D eigenvalue weighted by Crippen LogP contribution is -2.30. The molecule has 0 spiro atoms. The van der Waals surface area contributed by atoms with Crippen molar-refractivity contribution in [2.45, 2.75) is 19.4 Å². The van der Waals surface area contributed by atoms with Gasteiger partial charge in [-0.1, -0.05) is 18.2 Å². The number of benzene rings is 2. The van der Waals surface area contributed by atoms with Crippen LogP contribution in [0.2, 0.25) is 0 Å². The standard InChI is InChI=1S/C22H22FNO6/c1-12-14-6-5-7-15(23)21(14)30-20(12)22(26)24-16(11-19(25)29-4)13-8-9-17(27-2)18(10-13)28-3/h5-10,16H,11H2,1-4H3,(H,24,26). The Hall–Kier alpha value is -3.55. The molecule has 1 aromatic heterocycles. The van der Waals surface area contributed by atoms with Gasteiger partial charge in [0.05, 0.1) is 33.8 Å². The molecule has 30 heavy (non-hydrogen) atoms. The van der Waals surface area contributed by atoms with Gasteiger partial charge in [-0.15, -0.1) is 0 Å². The fourth-order valence-electron chi connectivity index (χ4n) is 3.22. The number of carbonyl (C=O) groups excluding carboxylic acids is 2. The maximum atomic E-state index is 14.0. The fraction of sp³-hybridized carbons (Fsp3) is 0.273. The summed E-state index contributed by atoms with van der Waals surface area (Å²) in [5, 5.41) is 3.28. The number of nitrogens with one attached hydrogen (secondary N) is 1. The van der Waals surface area contributed by atoms with E-state index in [1.165, 1.54) is 27.4 Å². The Bertz CT molecular complexity index is 1090. The van der Waals surface area contributed by atoms with E-state index in [0.717, 1.165) is 0 Å². The average Bonchev–Trinajstić information content (AvgIpc) is 3.10. The van der Waals surface area contributed by atoms with Crippen molar-refractivity contribution in [2.75, 3.05) is 21.3 Å². The van der Waals surface area contributed by atoms with E-state index < -0.39 is 23.7 Å². The highest BCUT2D eigenvalue weighted by molar-refractivity contribution is 5.99. The molecule has 3 rings (SSSR count). The maximum Gasteiger partial charge on any atom is 0.307 e. The Labute approximate surface area is 172 Å². The molecule has 0 aliphatic heterocycles. The van der Waals surface area contributed by atoms with Crippen LogP contribution in [0.5, 0.6) is 11.5 Å². The zero-order chi connectivity index (χ0) is 21.8. The number of amides is 1. The van der Waals surface area contributed by atoms with Gasteiger partial charge in [0.25, 0.3) is 5.91 Å². The van der Waals surface area contributed by atoms with Gasteiger partial charge in [-0.25, -0.2) is 4.39 Å². The predicted molar refractivity (Wildman–Crippen MR) is 107 cm³/mol. The van der Waals surface area contributed by atoms with Crippen molar-refractivity contribution in [3.05, 3.63) is 59.1 Å². The summed E-state index contributed by atoms with van der Waals surface area (Å²) in [5.41, 5.74) is 1.12. The largest absolute Gasteiger partial charge is 0.493 e. The summed E-state index contributed by atoms with van der Waals surface area (Å²) in [7, 11) is 4.26. The first-order valence-electron chi connectivity index (χ1n) is 9.16. The number of hydrogen-bond acceptors (Lipinski definition) is 6. The van der Waals surface area contributed by atoms with Gasteiger partial charge >= 0.3 is 5.97 Å². The van der Waals surface area contributed by atoms with Crippen LogP contribution in [0.1, 0.15) is 34.1 Å². The van der Waals surface area contributed by atoms with Crippen molar-refractivity contribution in [3.63, 3.8) is 0 Å². The second-order valence-electron chi connectivity index (χ2n) is 6.59. The highest BCUT2D eigenvalue weighted by Crippen LogP contribution is 2.32. The van der Waals surface area contributed by atoms with Crippen molar-refractivity contribution in [3.8, 4) is 11.5 Å². The number of esters is 1. The van der Waals surface area contributed by atoms with E-state index in [1.54, 1.807) is 37.3 Å². The number of halogens is 1. The van der Waals surface area contributed by atoms with Crippen LogP contribution in [-0.4, -0.2) is 33.2 Å². The number of methoxy groups -OCH3 is 3. The van der Waals surface area contributed by atoms with Gasteiger partial charge in [-0.05, 0) is 30.7 Å². The third kappa shape index (κ3) is 4.07. The van der Waals surface area contributed by atoms with Gasteiger partial charge < -0.3 is 23.9 Å². The number of ether oxygens (including phenoxy) is 3. The molecule has 1 N–H and O–H groups in total. The summed E-state index contributed by atoms with van der Waals surface area (Å²) in [6.07, 6.45) is -0.120. The number of carbonyl (C=O) groups is 2. The molecular weight excluding hydrogens is 393 g/mol. The lowest BCUT2D eigenvalue weighted by Gasteiger charge is -2.19. The third-order valence-electron chi connectivity index (χ3n) is 4.84. The van der Waals surface area contributed by atoms with Crippen LogP contribution < -0.4 is 14.8 Å². The van der Waals surface area contributed by atoms with Crippen LogP contribution in [0.25, 0.3) is 11.0 Å². The summed E-state index contributed by atoms with van der Waals surface area (Å²) in [6, 6.07) is 8.79. The van der Waals surface area contributed by atoms with Crippen LogP contribution in [0.15, 0.2) is 40.8 Å². The molecule has 0 aliphatic carbocycles. The van der Waals surface area contributed by atoms with Crippen LogP contribution in [0, 0.1) is 12.7 Å². The molecule has 3 aromatic rings. The zero-order valence-electron chi connectivity index (χ0n) is 17.1. The minimum Gasteiger partial charge on any atom is -0.493 e. The molecule has 1 amide bonds. The second kappa shape index (κ2) is 8.86. The molecule has 0 saturated carbocycles. The van der Waals surface area contributed by atoms with E-state index in [-0.39, 0.29) is 17.8 Å². The fourth-order valence-corrected chi connectivity index (χ4v) is 3.22. The average molecular weight is 415 g/mol. The lowest BCUT2D eigenvalue weighted by atomic mass is 10.0. The monoisotopic (exact) mass is 415 g/mol. The molecule has 0 fully saturated rings. The van der Waals surface area contributed by atoms with E-state index in [9.17, 15) is 14.0 Å². The van der Waals surface area contributed by atoms with E-state index in [0.29, 0.717) is 28.0 Å². The molecule has 158 valence electrons. The van der Waals surface area contributed by atoms with Crippen molar-refractivity contribution in [2.24, 2.45) is 0 Å². The topological polar surface area (TPSA) is 87.0 Å². The lowest BCUT2D eigenvalue weighted by molar-refractivity contribution is -0.141. The van der Waals surface area contributed by atoms with Crippen molar-refractivity contribution >= 4 is 22.8 Å². The quantitative estimate of drug-likeness (QED) is 0.589. The van der Waals surface area contributed by atoms with Gasteiger partial charge in [-0.2, -0.15) is 0 Å². The summed E-state index contributed by atoms with van der Waals surface area (Å²) >= 11 is 0. The minimum atomic E-state index is -0.734. The van der Waals surface area contributed by atoms with E-state index in [2.05, 4.69) is 5.32 Å². The van der Waals surface area contributed by atoms with Crippen LogP contribution in [0.3, 0.4) is 0 Å². The first kappa shape index (κ1) is 21.2. The molecule has 0 aliphatic rings. The van der Waals surface area contributed by atoms with E-state index >= 15 is 0 Å². The van der Waals surface area contributed by atoms with Crippen molar-refractivity contribution in [1.82, 2.24) is 5.32 Å². The number of furan rings is 1. The highest BCUT2D eigenvalue weighted by atomic mass is 19.1. The highest BCUT2D eigenvalue weighted by Gasteiger charge is 2.25. The number of aryl methyl sites for hydroxylation is 1. The van der Waals surface area contributed by atoms with Gasteiger partial charge in [0.15, 0.2) is 28.7 Å². The molecule has 1 heterocycles. The van der Waals surface area contributed by atoms with E-state index in [1.807, 2.05) is 0 Å². The third-order valence-corrected chi connectivity index (χ3v) is 4.84. The Morgan fingerprint density at radius 1 is 1.10 bits per heavy atom. The molecule has 0 saturated heterocycles. The number of para-hydroxylation sites is 1. The number of fused-ring (bicyclic) bond motifs is 1. The maximum absolute atomic E-state index is 14.0. The predicted octanol–water partition coefficient (Wildman–Crippen LogP) is 3.93. The Morgan fingerprint density at radius 3 is 2.47 bits per heavy atom.